The van der Waals surface area contributed by atoms with Crippen molar-refractivity contribution in [1.82, 2.24) is 0 Å². The fraction of sp³-hybridized carbons (Fsp3) is 0.0345. The minimum absolute atomic E-state index is 0.830. The molecule has 0 radical (unpaired) electrons. The predicted octanol–water partition coefficient (Wildman–Crippen LogP) is 6.16. The molecular formula is C29H20O. The highest BCUT2D eigenvalue weighted by molar-refractivity contribution is 5.72. The maximum absolute atomic E-state index is 5.37. The van der Waals surface area contributed by atoms with Gasteiger partial charge in [0.2, 0.25) is 0 Å². The average molecular weight is 384 g/mol. The molecule has 0 bridgehead atoms. The van der Waals surface area contributed by atoms with E-state index in [4.69, 9.17) is 4.74 Å². The lowest BCUT2D eigenvalue weighted by Gasteiger charge is -2.07. The molecule has 0 aliphatic rings. The largest absolute Gasteiger partial charge is 0.497 e. The fourth-order valence-electron chi connectivity index (χ4n) is 3.13. The zero-order valence-electron chi connectivity index (χ0n) is 16.7. The molecule has 0 saturated heterocycles. The third-order valence-corrected chi connectivity index (χ3v) is 4.68. The van der Waals surface area contributed by atoms with Crippen molar-refractivity contribution in [2.24, 2.45) is 0 Å². The van der Waals surface area contributed by atoms with E-state index in [2.05, 4.69) is 35.8 Å². The topological polar surface area (TPSA) is 9.23 Å². The molecule has 0 heterocycles. The zero-order valence-corrected chi connectivity index (χ0v) is 16.7. The van der Waals surface area contributed by atoms with Gasteiger partial charge < -0.3 is 4.74 Å². The molecule has 0 spiro atoms. The molecule has 142 valence electrons. The second-order valence-corrected chi connectivity index (χ2v) is 6.69. The third-order valence-electron chi connectivity index (χ3n) is 4.68. The molecule has 0 fully saturated rings. The minimum atomic E-state index is 0.830. The average Bonchev–Trinajstić information content (AvgIpc) is 2.83. The van der Waals surface area contributed by atoms with Crippen molar-refractivity contribution < 1.29 is 4.74 Å². The zero-order chi connectivity index (χ0) is 20.6. The van der Waals surface area contributed by atoms with Gasteiger partial charge in [-0.2, -0.15) is 0 Å². The van der Waals surface area contributed by atoms with Crippen molar-refractivity contribution in [2.45, 2.75) is 0 Å². The Hall–Kier alpha value is -4.20. The molecule has 0 amide bonds. The lowest BCUT2D eigenvalue weighted by Crippen LogP contribution is -1.87. The Morgan fingerprint density at radius 2 is 1.13 bits per heavy atom. The van der Waals surface area contributed by atoms with Gasteiger partial charge in [-0.15, -0.1) is 0 Å². The summed E-state index contributed by atoms with van der Waals surface area (Å²) in [6, 6.07) is 34.2. The first kappa shape index (κ1) is 19.1. The van der Waals surface area contributed by atoms with Gasteiger partial charge in [-0.1, -0.05) is 84.3 Å². The quantitative estimate of drug-likeness (QED) is 0.376. The summed E-state index contributed by atoms with van der Waals surface area (Å²) in [4.78, 5) is 0. The lowest BCUT2D eigenvalue weighted by atomic mass is 9.99. The first-order chi connectivity index (χ1) is 14.8. The van der Waals surface area contributed by atoms with E-state index in [0.717, 1.165) is 39.1 Å². The molecule has 4 aromatic carbocycles. The van der Waals surface area contributed by atoms with E-state index in [0.29, 0.717) is 0 Å². The molecule has 0 unspecified atom stereocenters. The number of ether oxygens (including phenoxy) is 1. The highest BCUT2D eigenvalue weighted by Crippen LogP contribution is 2.26. The maximum Gasteiger partial charge on any atom is 0.119 e. The molecule has 0 atom stereocenters. The first-order valence-corrected chi connectivity index (χ1v) is 9.75. The predicted molar refractivity (Wildman–Crippen MR) is 123 cm³/mol. The molecule has 4 aromatic rings. The van der Waals surface area contributed by atoms with E-state index >= 15 is 0 Å². The van der Waals surface area contributed by atoms with Crippen molar-refractivity contribution in [3.63, 3.8) is 0 Å². The molecule has 0 aliphatic heterocycles. The third kappa shape index (κ3) is 4.61. The van der Waals surface area contributed by atoms with Crippen LogP contribution in [0.2, 0.25) is 0 Å². The normalized spacial score (nSPS) is 9.63. The van der Waals surface area contributed by atoms with Gasteiger partial charge in [-0.25, -0.2) is 0 Å². The summed E-state index contributed by atoms with van der Waals surface area (Å²) in [6.07, 6.45) is 0. The van der Waals surface area contributed by atoms with Gasteiger partial charge in [-0.3, -0.25) is 0 Å². The second-order valence-electron chi connectivity index (χ2n) is 6.69. The van der Waals surface area contributed by atoms with Crippen LogP contribution in [-0.4, -0.2) is 7.11 Å². The van der Waals surface area contributed by atoms with Crippen molar-refractivity contribution in [2.75, 3.05) is 7.11 Å². The molecule has 4 rings (SSSR count). The smallest absolute Gasteiger partial charge is 0.119 e. The van der Waals surface area contributed by atoms with Gasteiger partial charge in [0.1, 0.15) is 5.75 Å². The summed E-state index contributed by atoms with van der Waals surface area (Å²) in [5.74, 6) is 14.0. The van der Waals surface area contributed by atoms with E-state index < -0.39 is 0 Å². The number of methoxy groups -OCH3 is 1. The molecule has 0 aromatic heterocycles. The molecule has 30 heavy (non-hydrogen) atoms. The van der Waals surface area contributed by atoms with Gasteiger partial charge in [-0.05, 0) is 53.6 Å². The molecular weight excluding hydrogens is 364 g/mol. The summed E-state index contributed by atoms with van der Waals surface area (Å²) in [7, 11) is 1.68. The standard InChI is InChI=1S/C29H20O/c1-30-28-16-9-15-27(22-28)29-17-8-7-14-26(29)21-20-25-13-6-5-12-24(25)19-18-23-10-3-2-4-11-23/h2-17,22H,1H3. The van der Waals surface area contributed by atoms with Crippen molar-refractivity contribution in [1.29, 1.82) is 0 Å². The van der Waals surface area contributed by atoms with Crippen LogP contribution in [0.5, 0.6) is 5.75 Å². The molecule has 1 heteroatoms. The van der Waals surface area contributed by atoms with Crippen molar-refractivity contribution in [3.8, 4) is 40.6 Å². The van der Waals surface area contributed by atoms with Crippen LogP contribution in [0.15, 0.2) is 103 Å². The Balaban J connectivity index is 1.70. The Labute approximate surface area is 178 Å². The SMILES string of the molecule is COc1cccc(-c2ccccc2C#Cc2ccccc2C#Cc2ccccc2)c1. The monoisotopic (exact) mass is 384 g/mol. The number of hydrogen-bond donors (Lipinski definition) is 0. The first-order valence-electron chi connectivity index (χ1n) is 9.75. The molecule has 1 nitrogen and oxygen atoms in total. The summed E-state index contributed by atoms with van der Waals surface area (Å²) < 4.78 is 5.37. The Kier molecular flexibility index (Phi) is 5.95. The summed E-state index contributed by atoms with van der Waals surface area (Å²) in [5.41, 5.74) is 5.96. The second kappa shape index (κ2) is 9.33. The maximum atomic E-state index is 5.37. The number of hydrogen-bond acceptors (Lipinski definition) is 1. The van der Waals surface area contributed by atoms with Gasteiger partial charge in [0.25, 0.3) is 0 Å². The fourth-order valence-corrected chi connectivity index (χ4v) is 3.13. The van der Waals surface area contributed by atoms with Crippen LogP contribution in [0.3, 0.4) is 0 Å². The van der Waals surface area contributed by atoms with Gasteiger partial charge in [0, 0.05) is 22.3 Å². The minimum Gasteiger partial charge on any atom is -0.497 e. The van der Waals surface area contributed by atoms with E-state index in [9.17, 15) is 0 Å². The Morgan fingerprint density at radius 1 is 0.533 bits per heavy atom. The summed E-state index contributed by atoms with van der Waals surface area (Å²) >= 11 is 0. The van der Waals surface area contributed by atoms with Crippen molar-refractivity contribution >= 4 is 0 Å². The number of benzene rings is 4. The van der Waals surface area contributed by atoms with Crippen LogP contribution in [0.1, 0.15) is 22.3 Å². The van der Waals surface area contributed by atoms with Crippen LogP contribution in [0.25, 0.3) is 11.1 Å². The Morgan fingerprint density at radius 3 is 1.87 bits per heavy atom. The van der Waals surface area contributed by atoms with Crippen LogP contribution in [-0.2, 0) is 0 Å². The van der Waals surface area contributed by atoms with E-state index in [-0.39, 0.29) is 0 Å². The van der Waals surface area contributed by atoms with Gasteiger partial charge >= 0.3 is 0 Å². The van der Waals surface area contributed by atoms with E-state index in [1.165, 1.54) is 0 Å². The van der Waals surface area contributed by atoms with Crippen LogP contribution < -0.4 is 4.74 Å². The molecule has 0 aliphatic carbocycles. The molecule has 0 N–H and O–H groups in total. The van der Waals surface area contributed by atoms with E-state index in [1.54, 1.807) is 7.11 Å². The summed E-state index contributed by atoms with van der Waals surface area (Å²) in [6.45, 7) is 0. The lowest BCUT2D eigenvalue weighted by molar-refractivity contribution is 0.415. The highest BCUT2D eigenvalue weighted by Gasteiger charge is 2.04. The van der Waals surface area contributed by atoms with Crippen molar-refractivity contribution in [3.05, 3.63) is 125 Å². The van der Waals surface area contributed by atoms with Gasteiger partial charge in [0.15, 0.2) is 0 Å². The highest BCUT2D eigenvalue weighted by atomic mass is 16.5. The van der Waals surface area contributed by atoms with Crippen LogP contribution in [0.4, 0.5) is 0 Å². The Bertz CT molecular complexity index is 1280. The van der Waals surface area contributed by atoms with E-state index in [1.807, 2.05) is 91.0 Å². The molecule has 0 saturated carbocycles. The van der Waals surface area contributed by atoms with Crippen LogP contribution >= 0.6 is 0 Å². The van der Waals surface area contributed by atoms with Crippen LogP contribution in [0, 0.1) is 23.7 Å². The van der Waals surface area contributed by atoms with Gasteiger partial charge in [0.05, 0.1) is 7.11 Å². The number of rotatable bonds is 2. The summed E-state index contributed by atoms with van der Waals surface area (Å²) in [5, 5.41) is 0.